The molecule has 0 amide bonds. The minimum Gasteiger partial charge on any atom is -0.257 e. The molecular formula is C8H6F4IN. The Balaban J connectivity index is 3.16. The van der Waals surface area contributed by atoms with E-state index in [4.69, 9.17) is 0 Å². The highest BCUT2D eigenvalue weighted by atomic mass is 127. The second kappa shape index (κ2) is 4.43. The lowest BCUT2D eigenvalue weighted by Crippen LogP contribution is -2.12. The van der Waals surface area contributed by atoms with Gasteiger partial charge in [0.25, 0.3) is 0 Å². The van der Waals surface area contributed by atoms with Gasteiger partial charge in [0.15, 0.2) is 0 Å². The Morgan fingerprint density at radius 3 is 2.43 bits per heavy atom. The minimum atomic E-state index is -4.51. The summed E-state index contributed by atoms with van der Waals surface area (Å²) in [6.45, 7) is 0.0513. The third-order valence-electron chi connectivity index (χ3n) is 1.63. The van der Waals surface area contributed by atoms with Crippen LogP contribution in [-0.4, -0.2) is 0 Å². The van der Waals surface area contributed by atoms with E-state index in [1.54, 1.807) is 22.9 Å². The third-order valence-corrected chi connectivity index (χ3v) is 2.02. The van der Waals surface area contributed by atoms with E-state index in [2.05, 4.69) is 3.53 Å². The normalized spacial score (nSPS) is 11.8. The summed E-state index contributed by atoms with van der Waals surface area (Å²) in [4.78, 5) is 0. The molecule has 1 nitrogen and oxygen atoms in total. The predicted molar refractivity (Wildman–Crippen MR) is 52.3 cm³/mol. The van der Waals surface area contributed by atoms with Crippen LogP contribution in [0.4, 0.5) is 17.6 Å². The zero-order valence-corrected chi connectivity index (χ0v) is 8.99. The van der Waals surface area contributed by atoms with E-state index < -0.39 is 17.6 Å². The first-order chi connectivity index (χ1) is 6.45. The van der Waals surface area contributed by atoms with Crippen molar-refractivity contribution in [2.24, 2.45) is 0 Å². The van der Waals surface area contributed by atoms with Gasteiger partial charge in [0.05, 0.1) is 5.56 Å². The van der Waals surface area contributed by atoms with Gasteiger partial charge in [0.1, 0.15) is 5.82 Å². The standard InChI is InChI=1S/C8H6F4IN/c9-6-2-1-5(4-14-13)7(3-6)8(10,11)12/h1-3,14H,4H2. The fourth-order valence-corrected chi connectivity index (χ4v) is 1.45. The maximum atomic E-state index is 12.6. The van der Waals surface area contributed by atoms with Gasteiger partial charge in [0.2, 0.25) is 0 Å². The van der Waals surface area contributed by atoms with Crippen LogP contribution in [0.25, 0.3) is 0 Å². The summed E-state index contributed by atoms with van der Waals surface area (Å²) < 4.78 is 52.2. The van der Waals surface area contributed by atoms with Crippen molar-refractivity contribution in [1.29, 1.82) is 0 Å². The van der Waals surface area contributed by atoms with E-state index in [0.717, 1.165) is 12.1 Å². The van der Waals surface area contributed by atoms with Gasteiger partial charge in [-0.25, -0.2) is 4.39 Å². The molecule has 0 heterocycles. The molecule has 14 heavy (non-hydrogen) atoms. The van der Waals surface area contributed by atoms with Gasteiger partial charge in [0, 0.05) is 29.4 Å². The lowest BCUT2D eigenvalue weighted by atomic mass is 10.1. The average Bonchev–Trinajstić information content (AvgIpc) is 2.07. The molecule has 0 fully saturated rings. The predicted octanol–water partition coefficient (Wildman–Crippen LogP) is 3.28. The molecular weight excluding hydrogens is 313 g/mol. The first-order valence-electron chi connectivity index (χ1n) is 3.64. The van der Waals surface area contributed by atoms with Crippen molar-refractivity contribution in [3.05, 3.63) is 35.1 Å². The van der Waals surface area contributed by atoms with Crippen molar-refractivity contribution in [2.75, 3.05) is 0 Å². The van der Waals surface area contributed by atoms with Gasteiger partial charge in [-0.1, -0.05) is 6.07 Å². The fraction of sp³-hybridized carbons (Fsp3) is 0.250. The van der Waals surface area contributed by atoms with Crippen LogP contribution in [0.5, 0.6) is 0 Å². The summed E-state index contributed by atoms with van der Waals surface area (Å²) in [6, 6.07) is 2.64. The van der Waals surface area contributed by atoms with Crippen LogP contribution in [0.1, 0.15) is 11.1 Å². The maximum absolute atomic E-state index is 12.6. The average molecular weight is 319 g/mol. The summed E-state index contributed by atoms with van der Waals surface area (Å²) in [7, 11) is 0. The van der Waals surface area contributed by atoms with Crippen LogP contribution in [0.15, 0.2) is 18.2 Å². The largest absolute Gasteiger partial charge is 0.416 e. The molecule has 0 aromatic heterocycles. The number of hydrogen-bond acceptors (Lipinski definition) is 1. The summed E-state index contributed by atoms with van der Waals surface area (Å²) in [5, 5.41) is 0. The number of hydrogen-bond donors (Lipinski definition) is 1. The monoisotopic (exact) mass is 319 g/mol. The molecule has 0 bridgehead atoms. The van der Waals surface area contributed by atoms with Crippen molar-refractivity contribution < 1.29 is 17.6 Å². The van der Waals surface area contributed by atoms with Crippen molar-refractivity contribution in [1.82, 2.24) is 3.53 Å². The number of nitrogens with one attached hydrogen (secondary N) is 1. The highest BCUT2D eigenvalue weighted by Crippen LogP contribution is 2.32. The Morgan fingerprint density at radius 2 is 1.93 bits per heavy atom. The summed E-state index contributed by atoms with van der Waals surface area (Å²) >= 11 is 1.73. The Morgan fingerprint density at radius 1 is 1.29 bits per heavy atom. The molecule has 0 unspecified atom stereocenters. The summed E-state index contributed by atoms with van der Waals surface area (Å²) in [6.07, 6.45) is -4.51. The second-order valence-corrected chi connectivity index (χ2v) is 3.37. The lowest BCUT2D eigenvalue weighted by Gasteiger charge is -2.11. The third kappa shape index (κ3) is 2.81. The zero-order valence-electron chi connectivity index (χ0n) is 6.83. The van der Waals surface area contributed by atoms with Crippen molar-refractivity contribution in [2.45, 2.75) is 12.7 Å². The molecule has 0 spiro atoms. The molecule has 0 aliphatic carbocycles. The molecule has 1 aromatic carbocycles. The van der Waals surface area contributed by atoms with E-state index in [9.17, 15) is 17.6 Å². The fourth-order valence-electron chi connectivity index (χ4n) is 1.04. The van der Waals surface area contributed by atoms with Crippen LogP contribution in [-0.2, 0) is 12.7 Å². The molecule has 0 aliphatic rings. The Labute approximate surface area is 92.0 Å². The Hall–Kier alpha value is -0.370. The van der Waals surface area contributed by atoms with E-state index in [1.807, 2.05) is 0 Å². The molecule has 0 atom stereocenters. The Kier molecular flexibility index (Phi) is 3.71. The number of halogens is 5. The van der Waals surface area contributed by atoms with Crippen LogP contribution >= 0.6 is 22.9 Å². The van der Waals surface area contributed by atoms with Crippen molar-refractivity contribution in [3.8, 4) is 0 Å². The van der Waals surface area contributed by atoms with Gasteiger partial charge in [-0.15, -0.1) is 0 Å². The zero-order chi connectivity index (χ0) is 10.8. The van der Waals surface area contributed by atoms with Crippen LogP contribution < -0.4 is 3.53 Å². The SMILES string of the molecule is Fc1ccc(CNI)c(C(F)(F)F)c1. The molecule has 1 aromatic rings. The molecule has 0 saturated heterocycles. The van der Waals surface area contributed by atoms with Gasteiger partial charge in [-0.2, -0.15) is 13.2 Å². The molecule has 0 aliphatic heterocycles. The quantitative estimate of drug-likeness (QED) is 0.501. The molecule has 0 radical (unpaired) electrons. The van der Waals surface area contributed by atoms with Crippen molar-refractivity contribution in [3.63, 3.8) is 0 Å². The first-order valence-corrected chi connectivity index (χ1v) is 4.72. The lowest BCUT2D eigenvalue weighted by molar-refractivity contribution is -0.138. The summed E-state index contributed by atoms with van der Waals surface area (Å²) in [5.41, 5.74) is -0.894. The van der Waals surface area contributed by atoms with Crippen LogP contribution in [0.2, 0.25) is 0 Å². The Bertz CT molecular complexity index is 324. The minimum absolute atomic E-state index is 0.0355. The topological polar surface area (TPSA) is 12.0 Å². The van der Waals surface area contributed by atoms with Crippen molar-refractivity contribution >= 4 is 22.9 Å². The van der Waals surface area contributed by atoms with Crippen LogP contribution in [0, 0.1) is 5.82 Å². The summed E-state index contributed by atoms with van der Waals surface area (Å²) in [5.74, 6) is -0.880. The van der Waals surface area contributed by atoms with E-state index in [1.165, 1.54) is 0 Å². The molecule has 1 N–H and O–H groups in total. The van der Waals surface area contributed by atoms with Gasteiger partial charge >= 0.3 is 6.18 Å². The molecule has 6 heteroatoms. The number of alkyl halides is 3. The van der Waals surface area contributed by atoms with E-state index in [0.29, 0.717) is 6.07 Å². The van der Waals surface area contributed by atoms with E-state index >= 15 is 0 Å². The van der Waals surface area contributed by atoms with Gasteiger partial charge < -0.3 is 0 Å². The molecule has 1 rings (SSSR count). The van der Waals surface area contributed by atoms with Gasteiger partial charge in [-0.3, -0.25) is 3.53 Å². The highest BCUT2D eigenvalue weighted by molar-refractivity contribution is 14.1. The maximum Gasteiger partial charge on any atom is 0.416 e. The molecule has 78 valence electrons. The highest BCUT2D eigenvalue weighted by Gasteiger charge is 2.33. The first kappa shape index (κ1) is 11.7. The smallest absolute Gasteiger partial charge is 0.257 e. The van der Waals surface area contributed by atoms with E-state index in [-0.39, 0.29) is 12.1 Å². The number of benzene rings is 1. The van der Waals surface area contributed by atoms with Crippen LogP contribution in [0.3, 0.4) is 0 Å². The molecule has 0 saturated carbocycles. The second-order valence-electron chi connectivity index (χ2n) is 2.61. The van der Waals surface area contributed by atoms with Gasteiger partial charge in [-0.05, 0) is 17.7 Å². The number of rotatable bonds is 2.